The van der Waals surface area contributed by atoms with Crippen LogP contribution in [0.4, 0.5) is 18.9 Å². The van der Waals surface area contributed by atoms with Crippen LogP contribution in [0.5, 0.6) is 0 Å². The van der Waals surface area contributed by atoms with Crippen molar-refractivity contribution in [2.45, 2.75) is 36.5 Å². The number of hydrogen-bond donors (Lipinski definition) is 2. The largest absolute Gasteiger partial charge is 0.416 e. The number of nitrogens with one attached hydrogen (secondary N) is 1. The van der Waals surface area contributed by atoms with Gasteiger partial charge in [0, 0.05) is 18.8 Å². The Morgan fingerprint density at radius 2 is 1.87 bits per heavy atom. The van der Waals surface area contributed by atoms with Crippen LogP contribution in [0.2, 0.25) is 0 Å². The fraction of sp³-hybridized carbons (Fsp3) is 0.286. The Kier molecular flexibility index (Phi) is 7.01. The van der Waals surface area contributed by atoms with Gasteiger partial charge in [0.2, 0.25) is 5.91 Å². The summed E-state index contributed by atoms with van der Waals surface area (Å²) in [6.07, 6.45) is -4.11. The number of fused-ring (bicyclic) bond motifs is 1. The fourth-order valence-corrected chi connectivity index (χ4v) is 3.80. The van der Waals surface area contributed by atoms with Gasteiger partial charge >= 0.3 is 6.18 Å². The number of alkyl halides is 3. The molecule has 6 nitrogen and oxygen atoms in total. The number of thioether (sulfide) groups is 1. The maximum Gasteiger partial charge on any atom is 0.416 e. The van der Waals surface area contributed by atoms with E-state index in [0.717, 1.165) is 23.9 Å². The van der Waals surface area contributed by atoms with Gasteiger partial charge in [-0.15, -0.1) is 0 Å². The van der Waals surface area contributed by atoms with Crippen LogP contribution in [0.15, 0.2) is 58.5 Å². The molecule has 0 saturated heterocycles. The molecule has 164 valence electrons. The van der Waals surface area contributed by atoms with Crippen LogP contribution in [-0.4, -0.2) is 32.4 Å². The van der Waals surface area contributed by atoms with Crippen LogP contribution in [0.3, 0.4) is 0 Å². The Morgan fingerprint density at radius 1 is 1.19 bits per heavy atom. The number of carbonyl (C=O) groups excluding carboxylic acids is 1. The molecule has 0 radical (unpaired) electrons. The van der Waals surface area contributed by atoms with Crippen molar-refractivity contribution in [3.8, 4) is 0 Å². The Balaban J connectivity index is 1.80. The van der Waals surface area contributed by atoms with Gasteiger partial charge in [0.25, 0.3) is 5.56 Å². The summed E-state index contributed by atoms with van der Waals surface area (Å²) in [6.45, 7) is 1.75. The van der Waals surface area contributed by atoms with Crippen LogP contribution in [0.25, 0.3) is 10.9 Å². The molecule has 1 unspecified atom stereocenters. The highest BCUT2D eigenvalue weighted by Crippen LogP contribution is 2.30. The number of aliphatic hydroxyl groups is 1. The monoisotopic (exact) mass is 451 g/mol. The molecule has 0 saturated carbocycles. The zero-order valence-electron chi connectivity index (χ0n) is 16.5. The van der Waals surface area contributed by atoms with Gasteiger partial charge < -0.3 is 10.4 Å². The molecule has 0 bridgehead atoms. The van der Waals surface area contributed by atoms with E-state index < -0.39 is 22.9 Å². The Labute approximate surface area is 180 Å². The molecule has 1 amide bonds. The molecule has 31 heavy (non-hydrogen) atoms. The number of halogens is 3. The van der Waals surface area contributed by atoms with E-state index >= 15 is 0 Å². The zero-order valence-corrected chi connectivity index (χ0v) is 17.3. The van der Waals surface area contributed by atoms with E-state index in [0.29, 0.717) is 22.5 Å². The number of para-hydroxylation sites is 1. The summed E-state index contributed by atoms with van der Waals surface area (Å²) < 4.78 is 39.5. The number of benzene rings is 2. The smallest absolute Gasteiger partial charge is 0.396 e. The first kappa shape index (κ1) is 22.8. The summed E-state index contributed by atoms with van der Waals surface area (Å²) in [4.78, 5) is 29.9. The zero-order chi connectivity index (χ0) is 22.6. The van der Waals surface area contributed by atoms with Gasteiger partial charge in [0.05, 0.1) is 21.7 Å². The maximum absolute atomic E-state index is 12.8. The third kappa shape index (κ3) is 5.45. The van der Waals surface area contributed by atoms with Crippen molar-refractivity contribution in [2.75, 3.05) is 11.9 Å². The predicted octanol–water partition coefficient (Wildman–Crippen LogP) is 3.92. The molecular weight excluding hydrogens is 431 g/mol. The molecule has 3 aromatic rings. The minimum absolute atomic E-state index is 0.104. The molecule has 10 heteroatoms. The van der Waals surface area contributed by atoms with Crippen molar-refractivity contribution in [1.29, 1.82) is 0 Å². The summed E-state index contributed by atoms with van der Waals surface area (Å²) in [6, 6.07) is 11.0. The molecule has 0 aliphatic heterocycles. The second-order valence-electron chi connectivity index (χ2n) is 6.77. The molecular formula is C21H20F3N3O3S. The number of hydrogen-bond acceptors (Lipinski definition) is 5. The minimum Gasteiger partial charge on any atom is -0.396 e. The number of amides is 1. The lowest BCUT2D eigenvalue weighted by Gasteiger charge is -2.16. The Bertz CT molecular complexity index is 1130. The summed E-state index contributed by atoms with van der Waals surface area (Å²) in [5.74, 6) is -0.444. The van der Waals surface area contributed by atoms with Crippen LogP contribution in [0.1, 0.15) is 18.9 Å². The van der Waals surface area contributed by atoms with Crippen LogP contribution >= 0.6 is 11.8 Å². The third-order valence-electron chi connectivity index (χ3n) is 4.50. The summed E-state index contributed by atoms with van der Waals surface area (Å²) in [5, 5.41) is 11.8. The lowest BCUT2D eigenvalue weighted by atomic mass is 10.2. The molecule has 0 aliphatic carbocycles. The van der Waals surface area contributed by atoms with Gasteiger partial charge in [-0.1, -0.05) is 23.9 Å². The van der Waals surface area contributed by atoms with Gasteiger partial charge in [0.1, 0.15) is 0 Å². The number of aliphatic hydroxyl groups excluding tert-OH is 1. The Morgan fingerprint density at radius 3 is 2.52 bits per heavy atom. The van der Waals surface area contributed by atoms with E-state index in [9.17, 15) is 22.8 Å². The molecule has 0 aliphatic rings. The standard InChI is InChI=1S/C21H20F3N3O3S/c1-13(18(29)25-15-9-7-14(8-10-15)21(22,23)24)31-20-26-17-6-3-2-5-16(17)19(30)27(20)11-4-12-28/h2-3,5-10,13,28H,4,11-12H2,1H3,(H,25,29). The minimum atomic E-state index is -4.45. The maximum atomic E-state index is 12.8. The van der Waals surface area contributed by atoms with Gasteiger partial charge in [0.15, 0.2) is 5.16 Å². The fourth-order valence-electron chi connectivity index (χ4n) is 2.86. The molecule has 2 aromatic carbocycles. The Hall–Kier alpha value is -2.85. The third-order valence-corrected chi connectivity index (χ3v) is 5.59. The van der Waals surface area contributed by atoms with Crippen molar-refractivity contribution >= 4 is 34.3 Å². The summed E-state index contributed by atoms with van der Waals surface area (Å²) >= 11 is 1.06. The molecule has 0 spiro atoms. The van der Waals surface area contributed by atoms with Crippen LogP contribution < -0.4 is 10.9 Å². The van der Waals surface area contributed by atoms with E-state index in [1.165, 1.54) is 16.7 Å². The average molecular weight is 451 g/mol. The van der Waals surface area contributed by atoms with E-state index in [1.54, 1.807) is 31.2 Å². The lowest BCUT2D eigenvalue weighted by molar-refractivity contribution is -0.137. The van der Waals surface area contributed by atoms with Gasteiger partial charge in [-0.25, -0.2) is 4.98 Å². The summed E-state index contributed by atoms with van der Waals surface area (Å²) in [7, 11) is 0. The number of rotatable bonds is 7. The summed E-state index contributed by atoms with van der Waals surface area (Å²) in [5.41, 5.74) is -0.349. The van der Waals surface area contributed by atoms with Crippen molar-refractivity contribution in [1.82, 2.24) is 9.55 Å². The highest BCUT2D eigenvalue weighted by Gasteiger charge is 2.30. The molecule has 1 aromatic heterocycles. The first-order chi connectivity index (χ1) is 14.7. The lowest BCUT2D eigenvalue weighted by Crippen LogP contribution is -2.27. The topological polar surface area (TPSA) is 84.2 Å². The van der Waals surface area contributed by atoms with E-state index in [1.807, 2.05) is 0 Å². The highest BCUT2D eigenvalue weighted by molar-refractivity contribution is 8.00. The van der Waals surface area contributed by atoms with Crippen molar-refractivity contribution in [3.05, 3.63) is 64.4 Å². The predicted molar refractivity (Wildman–Crippen MR) is 113 cm³/mol. The van der Waals surface area contributed by atoms with Crippen molar-refractivity contribution in [3.63, 3.8) is 0 Å². The van der Waals surface area contributed by atoms with E-state index in [4.69, 9.17) is 5.11 Å². The first-order valence-corrected chi connectivity index (χ1v) is 10.3. The number of nitrogens with zero attached hydrogens (tertiary/aromatic N) is 2. The normalized spacial score (nSPS) is 12.7. The molecule has 3 rings (SSSR count). The van der Waals surface area contributed by atoms with E-state index in [2.05, 4.69) is 10.3 Å². The quantitative estimate of drug-likeness (QED) is 0.420. The first-order valence-electron chi connectivity index (χ1n) is 9.46. The van der Waals surface area contributed by atoms with Crippen LogP contribution in [-0.2, 0) is 17.5 Å². The van der Waals surface area contributed by atoms with Gasteiger partial charge in [-0.3, -0.25) is 14.2 Å². The second-order valence-corrected chi connectivity index (χ2v) is 8.08. The van der Waals surface area contributed by atoms with Crippen molar-refractivity contribution in [2.24, 2.45) is 0 Å². The highest BCUT2D eigenvalue weighted by atomic mass is 32.2. The number of anilines is 1. The van der Waals surface area contributed by atoms with Gasteiger partial charge in [-0.05, 0) is 49.7 Å². The molecule has 0 fully saturated rings. The van der Waals surface area contributed by atoms with Crippen molar-refractivity contribution < 1.29 is 23.1 Å². The number of carbonyl (C=O) groups is 1. The SMILES string of the molecule is CC(Sc1nc2ccccc2c(=O)n1CCCO)C(=O)Nc1ccc(C(F)(F)F)cc1. The second kappa shape index (κ2) is 9.52. The molecule has 1 atom stereocenters. The van der Waals surface area contributed by atoms with Crippen LogP contribution in [0, 0.1) is 0 Å². The number of aromatic nitrogens is 2. The average Bonchev–Trinajstić information content (AvgIpc) is 2.73. The molecule has 1 heterocycles. The van der Waals surface area contributed by atoms with Gasteiger partial charge in [-0.2, -0.15) is 13.2 Å². The molecule has 2 N–H and O–H groups in total. The van der Waals surface area contributed by atoms with E-state index in [-0.39, 0.29) is 24.4 Å².